The molecule has 1 saturated heterocycles. The van der Waals surface area contributed by atoms with Crippen molar-refractivity contribution in [3.05, 3.63) is 59.1 Å². The molecule has 8 nitrogen and oxygen atoms in total. The van der Waals surface area contributed by atoms with Gasteiger partial charge in [-0.3, -0.25) is 4.79 Å². The highest BCUT2D eigenvalue weighted by atomic mass is 35.5. The van der Waals surface area contributed by atoms with Gasteiger partial charge >= 0.3 is 0 Å². The Hall–Kier alpha value is -3.21. The molecule has 1 aromatic carbocycles. The van der Waals surface area contributed by atoms with Crippen LogP contribution in [0.5, 0.6) is 0 Å². The fourth-order valence-corrected chi connectivity index (χ4v) is 3.51. The summed E-state index contributed by atoms with van der Waals surface area (Å²) < 4.78 is 42.4. The van der Waals surface area contributed by atoms with Crippen molar-refractivity contribution < 1.29 is 18.0 Å². The number of halogens is 4. The van der Waals surface area contributed by atoms with E-state index in [9.17, 15) is 18.0 Å². The average molecular weight is 452 g/mol. The SMILES string of the molecule is O=C(c1ccc(CF)cc1-n1nccn1)N1CCC(F)(F)[C@H]1CNc1ncc(Cl)cn1. The largest absolute Gasteiger partial charge is 0.352 e. The molecule has 3 aromatic rings. The van der Waals surface area contributed by atoms with Gasteiger partial charge in [0.2, 0.25) is 5.95 Å². The number of carbonyl (C=O) groups is 1. The van der Waals surface area contributed by atoms with Crippen molar-refractivity contribution in [2.24, 2.45) is 0 Å². The van der Waals surface area contributed by atoms with Crippen LogP contribution in [0, 0.1) is 0 Å². The molecule has 0 bridgehead atoms. The molecule has 1 atom stereocenters. The molecular formula is C19H17ClF3N7O. The molecule has 12 heteroatoms. The van der Waals surface area contributed by atoms with Crippen molar-refractivity contribution in [2.75, 3.05) is 18.4 Å². The Bertz CT molecular complexity index is 1060. The molecule has 1 fully saturated rings. The van der Waals surface area contributed by atoms with E-state index < -0.39 is 31.0 Å². The molecule has 4 rings (SSSR count). The van der Waals surface area contributed by atoms with Crippen LogP contribution in [0.2, 0.25) is 5.02 Å². The first kappa shape index (κ1) is 21.0. The number of hydrogen-bond donors (Lipinski definition) is 1. The van der Waals surface area contributed by atoms with E-state index in [1.807, 2.05) is 0 Å². The summed E-state index contributed by atoms with van der Waals surface area (Å²) in [5.41, 5.74) is 0.626. The minimum Gasteiger partial charge on any atom is -0.352 e. The van der Waals surface area contributed by atoms with Crippen molar-refractivity contribution in [1.82, 2.24) is 29.9 Å². The van der Waals surface area contributed by atoms with E-state index in [0.29, 0.717) is 10.6 Å². The first-order chi connectivity index (χ1) is 14.9. The highest BCUT2D eigenvalue weighted by molar-refractivity contribution is 6.30. The standard InChI is InChI=1S/C19H17ClF3N7O/c20-13-9-24-18(25-10-13)26-11-16-19(22,23)3-6-29(16)17(31)14-2-1-12(8-21)7-15(14)30-27-4-5-28-30/h1-2,4-5,7,9-10,16H,3,6,8,11H2,(H,24,25,26)/t16-/m1/s1. The van der Waals surface area contributed by atoms with Crippen LogP contribution in [0.25, 0.3) is 5.69 Å². The number of nitrogens with one attached hydrogen (secondary N) is 1. The van der Waals surface area contributed by atoms with Gasteiger partial charge in [0.1, 0.15) is 12.7 Å². The van der Waals surface area contributed by atoms with Crippen LogP contribution in [0.4, 0.5) is 19.1 Å². The monoisotopic (exact) mass is 451 g/mol. The molecular weight excluding hydrogens is 435 g/mol. The van der Waals surface area contributed by atoms with E-state index in [0.717, 1.165) is 9.70 Å². The first-order valence-corrected chi connectivity index (χ1v) is 9.72. The smallest absolute Gasteiger partial charge is 0.271 e. The zero-order valence-corrected chi connectivity index (χ0v) is 16.8. The maximum Gasteiger partial charge on any atom is 0.271 e. The quantitative estimate of drug-likeness (QED) is 0.619. The van der Waals surface area contributed by atoms with Gasteiger partial charge < -0.3 is 10.2 Å². The predicted molar refractivity (Wildman–Crippen MR) is 106 cm³/mol. The number of alkyl halides is 3. The Morgan fingerprint density at radius 1 is 1.23 bits per heavy atom. The van der Waals surface area contributed by atoms with Crippen LogP contribution in [0.15, 0.2) is 43.0 Å². The van der Waals surface area contributed by atoms with Crippen molar-refractivity contribution in [3.8, 4) is 5.69 Å². The average Bonchev–Trinajstić information content (AvgIpc) is 3.40. The maximum absolute atomic E-state index is 14.6. The number of anilines is 1. The van der Waals surface area contributed by atoms with E-state index in [1.165, 1.54) is 43.0 Å². The van der Waals surface area contributed by atoms with E-state index in [4.69, 9.17) is 11.6 Å². The summed E-state index contributed by atoms with van der Waals surface area (Å²) in [6.45, 7) is -1.16. The van der Waals surface area contributed by atoms with Crippen LogP contribution < -0.4 is 5.32 Å². The molecule has 0 spiro atoms. The van der Waals surface area contributed by atoms with Crippen LogP contribution in [0.1, 0.15) is 22.3 Å². The Balaban J connectivity index is 1.61. The highest BCUT2D eigenvalue weighted by Crippen LogP contribution is 2.35. The topological polar surface area (TPSA) is 88.8 Å². The molecule has 1 amide bonds. The fraction of sp³-hybridized carbons (Fsp3) is 0.316. The van der Waals surface area contributed by atoms with Crippen LogP contribution in [-0.2, 0) is 6.67 Å². The lowest BCUT2D eigenvalue weighted by atomic mass is 10.1. The zero-order chi connectivity index (χ0) is 22.0. The third kappa shape index (κ3) is 4.31. The van der Waals surface area contributed by atoms with Crippen molar-refractivity contribution in [2.45, 2.75) is 25.1 Å². The lowest BCUT2D eigenvalue weighted by Gasteiger charge is -2.28. The second kappa shape index (κ2) is 8.50. The molecule has 0 radical (unpaired) electrons. The summed E-state index contributed by atoms with van der Waals surface area (Å²) >= 11 is 5.73. The Kier molecular flexibility index (Phi) is 5.77. The number of amides is 1. The molecule has 3 heterocycles. The van der Waals surface area contributed by atoms with Crippen LogP contribution >= 0.6 is 11.6 Å². The Morgan fingerprint density at radius 3 is 2.61 bits per heavy atom. The number of likely N-dealkylation sites (tertiary alicyclic amines) is 1. The molecule has 162 valence electrons. The predicted octanol–water partition coefficient (Wildman–Crippen LogP) is 3.14. The second-order valence-corrected chi connectivity index (χ2v) is 7.37. The summed E-state index contributed by atoms with van der Waals surface area (Å²) in [6, 6.07) is 2.83. The summed E-state index contributed by atoms with van der Waals surface area (Å²) in [5, 5.41) is 11.0. The van der Waals surface area contributed by atoms with Gasteiger partial charge in [-0.25, -0.2) is 23.1 Å². The van der Waals surface area contributed by atoms with Gasteiger partial charge in [0.25, 0.3) is 11.8 Å². The summed E-state index contributed by atoms with van der Waals surface area (Å²) in [4.78, 5) is 23.4. The number of rotatable bonds is 6. The van der Waals surface area contributed by atoms with Gasteiger partial charge in [-0.1, -0.05) is 17.7 Å². The van der Waals surface area contributed by atoms with Gasteiger partial charge in [-0.05, 0) is 17.7 Å². The number of nitrogens with zero attached hydrogens (tertiary/aromatic N) is 6. The van der Waals surface area contributed by atoms with Crippen molar-refractivity contribution in [3.63, 3.8) is 0 Å². The Morgan fingerprint density at radius 2 is 1.94 bits per heavy atom. The molecule has 0 aliphatic carbocycles. The normalized spacial score (nSPS) is 17.7. The van der Waals surface area contributed by atoms with Gasteiger partial charge in [0.15, 0.2) is 0 Å². The van der Waals surface area contributed by atoms with Gasteiger partial charge in [0.05, 0.1) is 41.1 Å². The maximum atomic E-state index is 14.6. The summed E-state index contributed by atoms with van der Waals surface area (Å²) in [6.07, 6.45) is 4.99. The zero-order valence-electron chi connectivity index (χ0n) is 16.1. The number of carbonyl (C=O) groups excluding carboxylic acids is 1. The molecule has 0 unspecified atom stereocenters. The number of aromatic nitrogens is 5. The van der Waals surface area contributed by atoms with Gasteiger partial charge in [-0.2, -0.15) is 15.0 Å². The van der Waals surface area contributed by atoms with Crippen molar-refractivity contribution >= 4 is 23.5 Å². The molecule has 31 heavy (non-hydrogen) atoms. The first-order valence-electron chi connectivity index (χ1n) is 9.35. The second-order valence-electron chi connectivity index (χ2n) is 6.93. The molecule has 0 saturated carbocycles. The molecule has 2 aromatic heterocycles. The fourth-order valence-electron chi connectivity index (χ4n) is 3.42. The van der Waals surface area contributed by atoms with E-state index in [-0.39, 0.29) is 30.3 Å². The van der Waals surface area contributed by atoms with Crippen molar-refractivity contribution in [1.29, 1.82) is 0 Å². The number of benzene rings is 1. The van der Waals surface area contributed by atoms with Crippen LogP contribution in [0.3, 0.4) is 0 Å². The Labute approximate surface area is 180 Å². The molecule has 1 N–H and O–H groups in total. The minimum absolute atomic E-state index is 0.0962. The third-order valence-electron chi connectivity index (χ3n) is 4.97. The molecule has 1 aliphatic rings. The summed E-state index contributed by atoms with van der Waals surface area (Å²) in [5.74, 6) is -3.62. The van der Waals surface area contributed by atoms with E-state index in [2.05, 4.69) is 25.5 Å². The van der Waals surface area contributed by atoms with E-state index >= 15 is 0 Å². The minimum atomic E-state index is -3.11. The van der Waals surface area contributed by atoms with Gasteiger partial charge in [0, 0.05) is 19.5 Å². The number of hydrogen-bond acceptors (Lipinski definition) is 6. The van der Waals surface area contributed by atoms with Crippen LogP contribution in [-0.4, -0.2) is 60.8 Å². The summed E-state index contributed by atoms with van der Waals surface area (Å²) in [7, 11) is 0. The molecule has 1 aliphatic heterocycles. The van der Waals surface area contributed by atoms with E-state index in [1.54, 1.807) is 0 Å². The lowest BCUT2D eigenvalue weighted by molar-refractivity contribution is -0.0249. The third-order valence-corrected chi connectivity index (χ3v) is 5.16. The van der Waals surface area contributed by atoms with Gasteiger partial charge in [-0.15, -0.1) is 0 Å². The highest BCUT2D eigenvalue weighted by Gasteiger charge is 2.50. The lowest BCUT2D eigenvalue weighted by Crippen LogP contribution is -2.47.